The summed E-state index contributed by atoms with van der Waals surface area (Å²) < 4.78 is 15.5. The summed E-state index contributed by atoms with van der Waals surface area (Å²) in [6, 6.07) is 8.66. The molecule has 0 fully saturated rings. The van der Waals surface area contributed by atoms with E-state index < -0.39 is 6.10 Å². The number of nitrogens with zero attached hydrogens (tertiary/aromatic N) is 1. The lowest BCUT2D eigenvalue weighted by Gasteiger charge is -2.11. The molecular formula is C15H20IN3O4. The Balaban J connectivity index is 0.00000264. The van der Waals surface area contributed by atoms with Gasteiger partial charge in [-0.1, -0.05) is 0 Å². The van der Waals surface area contributed by atoms with E-state index in [-0.39, 0.29) is 36.5 Å². The van der Waals surface area contributed by atoms with Crippen molar-refractivity contribution in [3.63, 3.8) is 0 Å². The largest absolute Gasteiger partial charge is 0.493 e. The Morgan fingerprint density at radius 2 is 2.04 bits per heavy atom. The smallest absolute Gasteiger partial charge is 0.193 e. The van der Waals surface area contributed by atoms with Crippen molar-refractivity contribution in [1.82, 2.24) is 0 Å². The van der Waals surface area contributed by atoms with Crippen molar-refractivity contribution in [3.05, 3.63) is 42.4 Å². The van der Waals surface area contributed by atoms with Crippen LogP contribution < -0.4 is 20.5 Å². The molecule has 1 aromatic carbocycles. The van der Waals surface area contributed by atoms with Crippen molar-refractivity contribution in [2.24, 2.45) is 10.7 Å². The predicted octanol–water partition coefficient (Wildman–Crippen LogP) is 2.38. The number of anilines is 1. The first-order valence-electron chi connectivity index (χ1n) is 6.64. The number of aliphatic imine (C=N–C) groups is 1. The van der Waals surface area contributed by atoms with Gasteiger partial charge in [0.05, 0.1) is 27.0 Å². The van der Waals surface area contributed by atoms with Crippen LogP contribution in [0.4, 0.5) is 5.69 Å². The highest BCUT2D eigenvalue weighted by molar-refractivity contribution is 14.0. The zero-order valence-corrected chi connectivity index (χ0v) is 15.2. The lowest BCUT2D eigenvalue weighted by atomic mass is 10.2. The molecular weight excluding hydrogens is 413 g/mol. The van der Waals surface area contributed by atoms with E-state index in [1.165, 1.54) is 6.26 Å². The van der Waals surface area contributed by atoms with Crippen LogP contribution in [0.25, 0.3) is 0 Å². The summed E-state index contributed by atoms with van der Waals surface area (Å²) >= 11 is 0. The third-order valence-corrected chi connectivity index (χ3v) is 2.96. The molecule has 1 aromatic heterocycles. The highest BCUT2D eigenvalue weighted by Gasteiger charge is 2.10. The topological polar surface area (TPSA) is 102 Å². The quantitative estimate of drug-likeness (QED) is 0.367. The molecule has 8 heteroatoms. The third-order valence-electron chi connectivity index (χ3n) is 2.96. The van der Waals surface area contributed by atoms with Gasteiger partial charge < -0.3 is 30.0 Å². The Hall–Kier alpha value is -1.94. The molecule has 23 heavy (non-hydrogen) atoms. The second-order valence-corrected chi connectivity index (χ2v) is 4.45. The van der Waals surface area contributed by atoms with Crippen LogP contribution >= 0.6 is 24.0 Å². The summed E-state index contributed by atoms with van der Waals surface area (Å²) in [7, 11) is 3.12. The summed E-state index contributed by atoms with van der Waals surface area (Å²) in [6.45, 7) is 0.0969. The number of ether oxygens (including phenoxy) is 2. The maximum absolute atomic E-state index is 9.85. The van der Waals surface area contributed by atoms with E-state index in [0.29, 0.717) is 22.9 Å². The molecule has 1 unspecified atom stereocenters. The summed E-state index contributed by atoms with van der Waals surface area (Å²) in [6.07, 6.45) is 0.661. The number of aliphatic hydroxyl groups is 1. The number of hydrogen-bond donors (Lipinski definition) is 3. The standard InChI is InChI=1S/C15H19N3O4.HI/c1-20-13-6-5-10(8-14(13)21-2)18-15(16)17-9-11(19)12-4-3-7-22-12;/h3-8,11,19H,9H2,1-2H3,(H3,16,17,18);1H. The minimum Gasteiger partial charge on any atom is -0.493 e. The number of aliphatic hydroxyl groups excluding tert-OH is 1. The van der Waals surface area contributed by atoms with Crippen LogP contribution in [-0.4, -0.2) is 31.8 Å². The molecule has 1 atom stereocenters. The van der Waals surface area contributed by atoms with Gasteiger partial charge in [-0.3, -0.25) is 0 Å². The van der Waals surface area contributed by atoms with Crippen LogP contribution in [0.15, 0.2) is 46.0 Å². The van der Waals surface area contributed by atoms with Crippen LogP contribution in [0.5, 0.6) is 11.5 Å². The van der Waals surface area contributed by atoms with Crippen molar-refractivity contribution in [2.45, 2.75) is 6.10 Å². The average Bonchev–Trinajstić information content (AvgIpc) is 3.07. The first-order valence-corrected chi connectivity index (χ1v) is 6.64. The minimum atomic E-state index is -0.833. The monoisotopic (exact) mass is 433 g/mol. The number of furan rings is 1. The average molecular weight is 433 g/mol. The van der Waals surface area contributed by atoms with E-state index in [1.807, 2.05) is 0 Å². The lowest BCUT2D eigenvalue weighted by Crippen LogP contribution is -2.23. The van der Waals surface area contributed by atoms with E-state index in [4.69, 9.17) is 19.6 Å². The zero-order chi connectivity index (χ0) is 15.9. The number of nitrogens with two attached hydrogens (primary N) is 1. The maximum Gasteiger partial charge on any atom is 0.193 e. The van der Waals surface area contributed by atoms with Crippen LogP contribution in [0, 0.1) is 0 Å². The fourth-order valence-electron chi connectivity index (χ4n) is 1.86. The molecule has 2 aromatic rings. The van der Waals surface area contributed by atoms with Crippen LogP contribution in [0.2, 0.25) is 0 Å². The van der Waals surface area contributed by atoms with E-state index >= 15 is 0 Å². The van der Waals surface area contributed by atoms with Gasteiger partial charge in [0, 0.05) is 11.8 Å². The van der Waals surface area contributed by atoms with Gasteiger partial charge in [0.15, 0.2) is 17.5 Å². The highest BCUT2D eigenvalue weighted by atomic mass is 127. The Bertz CT molecular complexity index is 632. The molecule has 0 bridgehead atoms. The maximum atomic E-state index is 9.85. The summed E-state index contributed by atoms with van der Waals surface area (Å²) in [5.41, 5.74) is 6.49. The van der Waals surface area contributed by atoms with Crippen LogP contribution in [0.3, 0.4) is 0 Å². The molecule has 0 amide bonds. The SMILES string of the molecule is COc1ccc(NC(N)=NCC(O)c2ccco2)cc1OC.I. The first-order chi connectivity index (χ1) is 10.6. The predicted molar refractivity (Wildman–Crippen MR) is 98.7 cm³/mol. The number of methoxy groups -OCH3 is 2. The van der Waals surface area contributed by atoms with E-state index in [0.717, 1.165) is 0 Å². The Morgan fingerprint density at radius 3 is 2.65 bits per heavy atom. The number of hydrogen-bond acceptors (Lipinski definition) is 5. The van der Waals surface area contributed by atoms with Gasteiger partial charge >= 0.3 is 0 Å². The van der Waals surface area contributed by atoms with Gasteiger partial charge in [0.25, 0.3) is 0 Å². The second kappa shape index (κ2) is 9.26. The summed E-state index contributed by atoms with van der Waals surface area (Å²) in [4.78, 5) is 4.07. The molecule has 0 radical (unpaired) electrons. The molecule has 0 aliphatic heterocycles. The molecule has 1 heterocycles. The van der Waals surface area contributed by atoms with Crippen LogP contribution in [-0.2, 0) is 0 Å². The van der Waals surface area contributed by atoms with Gasteiger partial charge in [-0.2, -0.15) is 0 Å². The normalized spacial score (nSPS) is 12.2. The van der Waals surface area contributed by atoms with Gasteiger partial charge in [-0.25, -0.2) is 4.99 Å². The molecule has 0 aliphatic carbocycles. The molecule has 2 rings (SSSR count). The van der Waals surface area contributed by atoms with E-state index in [1.54, 1.807) is 44.6 Å². The molecule has 7 nitrogen and oxygen atoms in total. The van der Waals surface area contributed by atoms with Gasteiger partial charge in [0.2, 0.25) is 0 Å². The van der Waals surface area contributed by atoms with Crippen molar-refractivity contribution >= 4 is 35.6 Å². The first kappa shape index (κ1) is 19.1. The number of benzene rings is 1. The minimum absolute atomic E-state index is 0. The number of halogens is 1. The van der Waals surface area contributed by atoms with Crippen molar-refractivity contribution < 1.29 is 19.0 Å². The third kappa shape index (κ3) is 5.32. The number of nitrogens with one attached hydrogen (secondary N) is 1. The second-order valence-electron chi connectivity index (χ2n) is 4.45. The summed E-state index contributed by atoms with van der Waals surface area (Å²) in [5.74, 6) is 1.83. The molecule has 0 saturated carbocycles. The van der Waals surface area contributed by atoms with Crippen molar-refractivity contribution in [2.75, 3.05) is 26.1 Å². The van der Waals surface area contributed by atoms with Crippen molar-refractivity contribution in [1.29, 1.82) is 0 Å². The number of rotatable bonds is 6. The molecule has 4 N–H and O–H groups in total. The lowest BCUT2D eigenvalue weighted by molar-refractivity contribution is 0.158. The summed E-state index contributed by atoms with van der Waals surface area (Å²) in [5, 5.41) is 12.8. The van der Waals surface area contributed by atoms with E-state index in [2.05, 4.69) is 10.3 Å². The van der Waals surface area contributed by atoms with Gasteiger partial charge in [-0.05, 0) is 24.3 Å². The Kier molecular flexibility index (Phi) is 7.69. The molecule has 126 valence electrons. The Labute approximate surface area is 151 Å². The molecule has 0 saturated heterocycles. The van der Waals surface area contributed by atoms with Crippen molar-refractivity contribution in [3.8, 4) is 11.5 Å². The van der Waals surface area contributed by atoms with Crippen LogP contribution in [0.1, 0.15) is 11.9 Å². The molecule has 0 spiro atoms. The number of guanidine groups is 1. The fourth-order valence-corrected chi connectivity index (χ4v) is 1.86. The van der Waals surface area contributed by atoms with Gasteiger partial charge in [-0.15, -0.1) is 24.0 Å². The molecule has 0 aliphatic rings. The van der Waals surface area contributed by atoms with Gasteiger partial charge in [0.1, 0.15) is 11.9 Å². The Morgan fingerprint density at radius 1 is 1.30 bits per heavy atom. The zero-order valence-electron chi connectivity index (χ0n) is 12.9. The fraction of sp³-hybridized carbons (Fsp3) is 0.267. The highest BCUT2D eigenvalue weighted by Crippen LogP contribution is 2.29. The van der Waals surface area contributed by atoms with E-state index in [9.17, 15) is 5.11 Å².